The van der Waals surface area contributed by atoms with Gasteiger partial charge in [0, 0.05) is 4.47 Å². The molecule has 0 fully saturated rings. The topological polar surface area (TPSA) is 77.5 Å². The highest BCUT2D eigenvalue weighted by atomic mass is 79.9. The summed E-state index contributed by atoms with van der Waals surface area (Å²) in [5, 5.41) is 3.07. The van der Waals surface area contributed by atoms with Crippen molar-refractivity contribution in [2.45, 2.75) is 0 Å². The summed E-state index contributed by atoms with van der Waals surface area (Å²) < 4.78 is 11.9. The molecule has 2 aromatic carbocycles. The molecule has 3 rings (SSSR count). The molecule has 0 bridgehead atoms. The molecule has 0 unspecified atom stereocenters. The number of halogens is 1. The third-order valence-electron chi connectivity index (χ3n) is 3.26. The number of aromatic nitrogens is 1. The van der Waals surface area contributed by atoms with Crippen molar-refractivity contribution in [3.8, 4) is 5.75 Å². The SMILES string of the molecule is COc1ccc2nc(NC(=O)COC(=O)c3ccc(Br)cc3)sc2c1. The number of methoxy groups -OCH3 is 1. The van der Waals surface area contributed by atoms with Crippen LogP contribution in [0.25, 0.3) is 10.2 Å². The van der Waals surface area contributed by atoms with E-state index in [-0.39, 0.29) is 6.61 Å². The maximum atomic E-state index is 11.9. The van der Waals surface area contributed by atoms with Crippen molar-refractivity contribution in [3.05, 3.63) is 52.5 Å². The van der Waals surface area contributed by atoms with E-state index in [9.17, 15) is 9.59 Å². The summed E-state index contributed by atoms with van der Waals surface area (Å²) in [6, 6.07) is 12.1. The molecule has 128 valence electrons. The van der Waals surface area contributed by atoms with E-state index in [4.69, 9.17) is 9.47 Å². The van der Waals surface area contributed by atoms with Crippen molar-refractivity contribution in [2.24, 2.45) is 0 Å². The smallest absolute Gasteiger partial charge is 0.338 e. The van der Waals surface area contributed by atoms with Crippen LogP contribution in [0.15, 0.2) is 46.9 Å². The number of anilines is 1. The molecule has 25 heavy (non-hydrogen) atoms. The lowest BCUT2D eigenvalue weighted by Crippen LogP contribution is -2.20. The number of hydrogen-bond acceptors (Lipinski definition) is 6. The van der Waals surface area contributed by atoms with E-state index in [1.807, 2.05) is 12.1 Å². The van der Waals surface area contributed by atoms with Crippen LogP contribution in [0.4, 0.5) is 5.13 Å². The molecule has 1 aromatic heterocycles. The van der Waals surface area contributed by atoms with Crippen LogP contribution in [0, 0.1) is 0 Å². The Labute approximate surface area is 155 Å². The number of nitrogens with zero attached hydrogens (tertiary/aromatic N) is 1. The number of esters is 1. The molecule has 3 aromatic rings. The molecule has 1 amide bonds. The highest BCUT2D eigenvalue weighted by Crippen LogP contribution is 2.29. The molecular weight excluding hydrogens is 408 g/mol. The van der Waals surface area contributed by atoms with Crippen molar-refractivity contribution in [1.29, 1.82) is 0 Å². The molecule has 0 aliphatic rings. The first-order valence-corrected chi connectivity index (χ1v) is 8.83. The Morgan fingerprint density at radius 3 is 2.68 bits per heavy atom. The maximum Gasteiger partial charge on any atom is 0.338 e. The van der Waals surface area contributed by atoms with Gasteiger partial charge in [-0.2, -0.15) is 0 Å². The van der Waals surface area contributed by atoms with Gasteiger partial charge in [-0.05, 0) is 42.5 Å². The first kappa shape index (κ1) is 17.4. The van der Waals surface area contributed by atoms with Crippen LogP contribution in [-0.4, -0.2) is 30.6 Å². The van der Waals surface area contributed by atoms with Gasteiger partial charge in [0.25, 0.3) is 5.91 Å². The lowest BCUT2D eigenvalue weighted by atomic mass is 10.2. The Morgan fingerprint density at radius 2 is 1.96 bits per heavy atom. The molecule has 0 aliphatic heterocycles. The van der Waals surface area contributed by atoms with Gasteiger partial charge in [-0.25, -0.2) is 9.78 Å². The van der Waals surface area contributed by atoms with Gasteiger partial charge < -0.3 is 9.47 Å². The summed E-state index contributed by atoms with van der Waals surface area (Å²) >= 11 is 4.61. The van der Waals surface area contributed by atoms with Gasteiger partial charge >= 0.3 is 5.97 Å². The second-order valence-electron chi connectivity index (χ2n) is 4.98. The number of hydrogen-bond donors (Lipinski definition) is 1. The van der Waals surface area contributed by atoms with Gasteiger partial charge in [0.1, 0.15) is 5.75 Å². The minimum atomic E-state index is -0.559. The van der Waals surface area contributed by atoms with E-state index >= 15 is 0 Å². The van der Waals surface area contributed by atoms with Gasteiger partial charge in [-0.1, -0.05) is 27.3 Å². The monoisotopic (exact) mass is 420 g/mol. The molecule has 0 atom stereocenters. The van der Waals surface area contributed by atoms with E-state index in [2.05, 4.69) is 26.2 Å². The fourth-order valence-corrected chi connectivity index (χ4v) is 3.22. The molecule has 1 heterocycles. The number of ether oxygens (including phenoxy) is 2. The predicted octanol–water partition coefficient (Wildman–Crippen LogP) is 3.86. The molecule has 8 heteroatoms. The first-order valence-electron chi connectivity index (χ1n) is 7.22. The number of amides is 1. The second kappa shape index (κ2) is 7.62. The molecular formula is C17H13BrN2O4S. The van der Waals surface area contributed by atoms with Crippen molar-refractivity contribution in [3.63, 3.8) is 0 Å². The summed E-state index contributed by atoms with van der Waals surface area (Å²) in [6.07, 6.45) is 0. The Hall–Kier alpha value is -2.45. The Kier molecular flexibility index (Phi) is 5.30. The quantitative estimate of drug-likeness (QED) is 0.633. The number of carbonyl (C=O) groups is 2. The van der Waals surface area contributed by atoms with Crippen LogP contribution in [0.2, 0.25) is 0 Å². The zero-order chi connectivity index (χ0) is 17.8. The van der Waals surface area contributed by atoms with E-state index in [1.54, 1.807) is 37.4 Å². The van der Waals surface area contributed by atoms with Crippen molar-refractivity contribution in [2.75, 3.05) is 19.0 Å². The normalized spacial score (nSPS) is 10.5. The number of benzene rings is 2. The summed E-state index contributed by atoms with van der Waals surface area (Å²) in [5.41, 5.74) is 1.14. The molecule has 1 N–H and O–H groups in total. The summed E-state index contributed by atoms with van der Waals surface area (Å²) in [7, 11) is 1.59. The molecule has 0 spiro atoms. The second-order valence-corrected chi connectivity index (χ2v) is 6.93. The van der Waals surface area contributed by atoms with E-state index in [1.165, 1.54) is 11.3 Å². The number of thiazole rings is 1. The zero-order valence-corrected chi connectivity index (χ0v) is 15.5. The average molecular weight is 421 g/mol. The van der Waals surface area contributed by atoms with Gasteiger partial charge in [-0.15, -0.1) is 0 Å². The lowest BCUT2D eigenvalue weighted by molar-refractivity contribution is -0.119. The largest absolute Gasteiger partial charge is 0.497 e. The zero-order valence-electron chi connectivity index (χ0n) is 13.1. The van der Waals surface area contributed by atoms with Crippen molar-refractivity contribution >= 4 is 54.5 Å². The minimum Gasteiger partial charge on any atom is -0.497 e. The van der Waals surface area contributed by atoms with Gasteiger partial charge in [0.05, 0.1) is 22.9 Å². The Morgan fingerprint density at radius 1 is 1.20 bits per heavy atom. The number of carbonyl (C=O) groups excluding carboxylic acids is 2. The number of rotatable bonds is 5. The van der Waals surface area contributed by atoms with Crippen LogP contribution in [0.1, 0.15) is 10.4 Å². The summed E-state index contributed by atoms with van der Waals surface area (Å²) in [4.78, 5) is 28.1. The van der Waals surface area contributed by atoms with Crippen LogP contribution < -0.4 is 10.1 Å². The average Bonchev–Trinajstić information content (AvgIpc) is 3.01. The van der Waals surface area contributed by atoms with Crippen molar-refractivity contribution < 1.29 is 19.1 Å². The van der Waals surface area contributed by atoms with Gasteiger partial charge in [0.15, 0.2) is 11.7 Å². The maximum absolute atomic E-state index is 11.9. The predicted molar refractivity (Wildman–Crippen MR) is 99.2 cm³/mol. The number of fused-ring (bicyclic) bond motifs is 1. The van der Waals surface area contributed by atoms with Crippen LogP contribution in [0.5, 0.6) is 5.75 Å². The highest BCUT2D eigenvalue weighted by Gasteiger charge is 2.12. The van der Waals surface area contributed by atoms with E-state index < -0.39 is 11.9 Å². The third kappa shape index (κ3) is 4.34. The molecule has 0 aliphatic carbocycles. The standard InChI is InChI=1S/C17H13BrN2O4S/c1-23-12-6-7-13-14(8-12)25-17(19-13)20-15(21)9-24-16(22)10-2-4-11(18)5-3-10/h2-8H,9H2,1H3,(H,19,20,21). The fourth-order valence-electron chi connectivity index (χ4n) is 2.04. The molecule has 0 saturated carbocycles. The molecule has 0 radical (unpaired) electrons. The number of nitrogens with one attached hydrogen (secondary N) is 1. The Bertz CT molecular complexity index is 924. The van der Waals surface area contributed by atoms with Crippen LogP contribution in [-0.2, 0) is 9.53 Å². The summed E-state index contributed by atoms with van der Waals surface area (Å²) in [6.45, 7) is -0.381. The van der Waals surface area contributed by atoms with E-state index in [0.717, 1.165) is 20.4 Å². The fraction of sp³-hybridized carbons (Fsp3) is 0.118. The van der Waals surface area contributed by atoms with Gasteiger partial charge in [-0.3, -0.25) is 10.1 Å². The lowest BCUT2D eigenvalue weighted by Gasteiger charge is -2.04. The van der Waals surface area contributed by atoms with Crippen LogP contribution in [0.3, 0.4) is 0 Å². The third-order valence-corrected chi connectivity index (χ3v) is 4.72. The first-order chi connectivity index (χ1) is 12.0. The van der Waals surface area contributed by atoms with E-state index in [0.29, 0.717) is 10.7 Å². The Balaban J connectivity index is 1.58. The minimum absolute atomic E-state index is 0.378. The highest BCUT2D eigenvalue weighted by molar-refractivity contribution is 9.10. The van der Waals surface area contributed by atoms with Crippen LogP contribution >= 0.6 is 27.3 Å². The summed E-state index contributed by atoms with van der Waals surface area (Å²) in [5.74, 6) is -0.286. The van der Waals surface area contributed by atoms with Gasteiger partial charge in [0.2, 0.25) is 0 Å². The molecule has 6 nitrogen and oxygen atoms in total. The molecule has 0 saturated heterocycles. The van der Waals surface area contributed by atoms with Crippen molar-refractivity contribution in [1.82, 2.24) is 4.98 Å².